The van der Waals surface area contributed by atoms with E-state index in [1.807, 2.05) is 0 Å². The summed E-state index contributed by atoms with van der Waals surface area (Å²) in [6, 6.07) is 7.28. The molecule has 0 aliphatic rings. The van der Waals surface area contributed by atoms with Crippen molar-refractivity contribution in [3.8, 4) is 17.2 Å². The maximum atomic E-state index is 12.0. The molecule has 1 aromatic carbocycles. The number of H-pyrrole nitrogens is 1. The van der Waals surface area contributed by atoms with E-state index in [1.165, 1.54) is 0 Å². The van der Waals surface area contributed by atoms with Gasteiger partial charge in [-0.25, -0.2) is 0 Å². The Morgan fingerprint density at radius 3 is 2.82 bits per heavy atom. The molecule has 4 nitrogen and oxygen atoms in total. The van der Waals surface area contributed by atoms with E-state index in [1.54, 1.807) is 38.2 Å². The van der Waals surface area contributed by atoms with Gasteiger partial charge in [-0.05, 0) is 19.9 Å². The number of aromatic nitrogens is 1. The molecule has 1 atom stereocenters. The van der Waals surface area contributed by atoms with Crippen molar-refractivity contribution in [2.24, 2.45) is 0 Å². The maximum absolute atomic E-state index is 12.0. The third kappa shape index (κ3) is 2.96. The first-order valence-corrected chi connectivity index (χ1v) is 7.49. The minimum Gasteiger partial charge on any atom is -0.465 e. The second kappa shape index (κ2) is 6.87. The van der Waals surface area contributed by atoms with Crippen LogP contribution in [0.5, 0.6) is 0 Å². The summed E-state index contributed by atoms with van der Waals surface area (Å²) in [5, 5.41) is 10.0. The van der Waals surface area contributed by atoms with E-state index in [0.717, 1.165) is 0 Å². The van der Waals surface area contributed by atoms with Gasteiger partial charge in [-0.3, -0.25) is 4.79 Å². The van der Waals surface area contributed by atoms with Gasteiger partial charge in [0.1, 0.15) is 6.07 Å². The van der Waals surface area contributed by atoms with Gasteiger partial charge in [-0.1, -0.05) is 35.3 Å². The van der Waals surface area contributed by atoms with Gasteiger partial charge in [-0.15, -0.1) is 0 Å². The summed E-state index contributed by atoms with van der Waals surface area (Å²) in [5.74, 6) is -0.916. The Balaban J connectivity index is 2.60. The van der Waals surface area contributed by atoms with E-state index in [4.69, 9.17) is 27.9 Å². The number of rotatable bonds is 4. The zero-order chi connectivity index (χ0) is 16.3. The first kappa shape index (κ1) is 16.4. The number of hydrogen-bond acceptors (Lipinski definition) is 3. The maximum Gasteiger partial charge on any atom is 0.314 e. The van der Waals surface area contributed by atoms with Crippen LogP contribution in [0, 0.1) is 11.3 Å². The average molecular weight is 337 g/mol. The molecule has 0 radical (unpaired) electrons. The van der Waals surface area contributed by atoms with Crippen molar-refractivity contribution in [3.05, 3.63) is 45.7 Å². The molecule has 0 amide bonds. The predicted molar refractivity (Wildman–Crippen MR) is 86.0 cm³/mol. The topological polar surface area (TPSA) is 65.9 Å². The molecular weight excluding hydrogens is 323 g/mol. The molecule has 0 bridgehead atoms. The van der Waals surface area contributed by atoms with Crippen molar-refractivity contribution < 1.29 is 9.53 Å². The van der Waals surface area contributed by atoms with Crippen LogP contribution in [0.1, 0.15) is 31.0 Å². The van der Waals surface area contributed by atoms with Gasteiger partial charge in [0, 0.05) is 23.0 Å². The Morgan fingerprint density at radius 1 is 1.45 bits per heavy atom. The lowest BCUT2D eigenvalue weighted by Crippen LogP contribution is -2.14. The summed E-state index contributed by atoms with van der Waals surface area (Å²) >= 11 is 12.3. The number of benzene rings is 1. The quantitative estimate of drug-likeness (QED) is 0.834. The minimum atomic E-state index is -0.549. The molecule has 0 aliphatic carbocycles. The van der Waals surface area contributed by atoms with Crippen molar-refractivity contribution in [1.82, 2.24) is 4.98 Å². The largest absolute Gasteiger partial charge is 0.465 e. The van der Waals surface area contributed by atoms with Crippen LogP contribution in [0.15, 0.2) is 24.4 Å². The molecule has 2 aromatic rings. The van der Waals surface area contributed by atoms with Crippen molar-refractivity contribution in [2.75, 3.05) is 6.61 Å². The fourth-order valence-electron chi connectivity index (χ4n) is 2.24. The standard InChI is InChI=1S/C16H14Cl2N2O2/c1-3-22-16(21)9(2)15-13(10(7-19)8-20-15)11-5-4-6-12(17)14(11)18/h4-6,8-9,20H,3H2,1-2H3. The van der Waals surface area contributed by atoms with E-state index in [0.29, 0.717) is 39.0 Å². The lowest BCUT2D eigenvalue weighted by molar-refractivity contribution is -0.144. The zero-order valence-electron chi connectivity index (χ0n) is 12.1. The summed E-state index contributed by atoms with van der Waals surface area (Å²) in [6.45, 7) is 3.75. The highest BCUT2D eigenvalue weighted by Gasteiger charge is 2.25. The van der Waals surface area contributed by atoms with E-state index >= 15 is 0 Å². The van der Waals surface area contributed by atoms with Crippen LogP contribution < -0.4 is 0 Å². The van der Waals surface area contributed by atoms with E-state index < -0.39 is 5.92 Å². The van der Waals surface area contributed by atoms with E-state index in [-0.39, 0.29) is 5.97 Å². The van der Waals surface area contributed by atoms with Crippen LogP contribution in [0.4, 0.5) is 0 Å². The van der Waals surface area contributed by atoms with E-state index in [2.05, 4.69) is 11.1 Å². The van der Waals surface area contributed by atoms with Crippen LogP contribution in [0.3, 0.4) is 0 Å². The smallest absolute Gasteiger partial charge is 0.314 e. The van der Waals surface area contributed by atoms with Crippen LogP contribution in [-0.2, 0) is 9.53 Å². The van der Waals surface area contributed by atoms with Crippen molar-refractivity contribution in [3.63, 3.8) is 0 Å². The van der Waals surface area contributed by atoms with Crippen molar-refractivity contribution >= 4 is 29.2 Å². The molecule has 1 N–H and O–H groups in total. The van der Waals surface area contributed by atoms with Gasteiger partial charge < -0.3 is 9.72 Å². The predicted octanol–water partition coefficient (Wildman–Crippen LogP) is 4.53. The molecule has 1 heterocycles. The number of hydrogen-bond donors (Lipinski definition) is 1. The molecular formula is C16H14Cl2N2O2. The van der Waals surface area contributed by atoms with Gasteiger partial charge in [0.15, 0.2) is 0 Å². The SMILES string of the molecule is CCOC(=O)C(C)c1[nH]cc(C#N)c1-c1cccc(Cl)c1Cl. The van der Waals surface area contributed by atoms with Crippen molar-refractivity contribution in [1.29, 1.82) is 5.26 Å². The summed E-state index contributed by atoms with van der Waals surface area (Å²) in [6.07, 6.45) is 1.55. The Morgan fingerprint density at radius 2 is 2.18 bits per heavy atom. The van der Waals surface area contributed by atoms with Gasteiger partial charge in [-0.2, -0.15) is 5.26 Å². The normalized spacial score (nSPS) is 11.8. The fraction of sp³-hybridized carbons (Fsp3) is 0.250. The molecule has 0 aliphatic heterocycles. The van der Waals surface area contributed by atoms with Gasteiger partial charge >= 0.3 is 5.97 Å². The third-order valence-electron chi connectivity index (χ3n) is 3.33. The van der Waals surface area contributed by atoms with Crippen LogP contribution in [-0.4, -0.2) is 17.6 Å². The summed E-state index contributed by atoms with van der Waals surface area (Å²) in [5.41, 5.74) is 2.17. The first-order chi connectivity index (χ1) is 10.5. The fourth-order valence-corrected chi connectivity index (χ4v) is 2.64. The minimum absolute atomic E-state index is 0.294. The number of carbonyl (C=O) groups excluding carboxylic acids is 1. The van der Waals surface area contributed by atoms with Crippen LogP contribution >= 0.6 is 23.2 Å². The third-order valence-corrected chi connectivity index (χ3v) is 4.14. The number of halogens is 2. The number of nitrogens with zero attached hydrogens (tertiary/aromatic N) is 1. The van der Waals surface area contributed by atoms with Gasteiger partial charge in [0.2, 0.25) is 0 Å². The Hall–Kier alpha value is -1.96. The first-order valence-electron chi connectivity index (χ1n) is 6.73. The Bertz CT molecular complexity index is 747. The van der Waals surface area contributed by atoms with Crippen LogP contribution in [0.2, 0.25) is 10.0 Å². The molecule has 22 heavy (non-hydrogen) atoms. The Labute approximate surface area is 138 Å². The molecule has 1 unspecified atom stereocenters. The molecule has 6 heteroatoms. The van der Waals surface area contributed by atoms with Crippen molar-refractivity contribution in [2.45, 2.75) is 19.8 Å². The monoisotopic (exact) mass is 336 g/mol. The second-order valence-corrected chi connectivity index (χ2v) is 5.46. The second-order valence-electron chi connectivity index (χ2n) is 4.68. The highest BCUT2D eigenvalue weighted by Crippen LogP contribution is 2.39. The number of nitriles is 1. The molecule has 114 valence electrons. The number of carbonyl (C=O) groups is 1. The number of aromatic amines is 1. The number of nitrogens with one attached hydrogen (secondary N) is 1. The van der Waals surface area contributed by atoms with Gasteiger partial charge in [0.05, 0.1) is 28.1 Å². The zero-order valence-corrected chi connectivity index (χ0v) is 13.6. The molecule has 0 saturated carbocycles. The molecule has 0 fully saturated rings. The molecule has 1 aromatic heterocycles. The molecule has 0 saturated heterocycles. The van der Waals surface area contributed by atoms with Gasteiger partial charge in [0.25, 0.3) is 0 Å². The summed E-state index contributed by atoms with van der Waals surface area (Å²) in [4.78, 5) is 15.0. The van der Waals surface area contributed by atoms with Crippen LogP contribution in [0.25, 0.3) is 11.1 Å². The number of ether oxygens (including phenoxy) is 1. The Kier molecular flexibility index (Phi) is 5.12. The lowest BCUT2D eigenvalue weighted by Gasteiger charge is -2.13. The highest BCUT2D eigenvalue weighted by molar-refractivity contribution is 6.43. The summed E-state index contributed by atoms with van der Waals surface area (Å²) < 4.78 is 5.04. The molecule has 2 rings (SSSR count). The lowest BCUT2D eigenvalue weighted by atomic mass is 9.96. The van der Waals surface area contributed by atoms with E-state index in [9.17, 15) is 10.1 Å². The number of esters is 1. The summed E-state index contributed by atoms with van der Waals surface area (Å²) in [7, 11) is 0. The average Bonchev–Trinajstić information content (AvgIpc) is 2.93. The highest BCUT2D eigenvalue weighted by atomic mass is 35.5. The molecule has 0 spiro atoms.